The molecule has 0 N–H and O–H groups in total. The van der Waals surface area contributed by atoms with E-state index in [2.05, 4.69) is 9.97 Å². The number of benzene rings is 1. The average Bonchev–Trinajstić information content (AvgIpc) is 2.52. The molecule has 114 valence electrons. The summed E-state index contributed by atoms with van der Waals surface area (Å²) in [6, 6.07) is 5.11. The Kier molecular flexibility index (Phi) is 5.19. The minimum Gasteiger partial charge on any atom is -0.463 e. The number of aromatic nitrogens is 2. The Morgan fingerprint density at radius 1 is 1.05 bits per heavy atom. The topological polar surface area (TPSA) is 78.4 Å². The number of rotatable bonds is 5. The molecule has 1 aromatic carbocycles. The molecule has 1 aromatic heterocycles. The van der Waals surface area contributed by atoms with Crippen molar-refractivity contribution in [1.29, 1.82) is 0 Å². The summed E-state index contributed by atoms with van der Waals surface area (Å²) in [5, 5.41) is 0. The molecule has 6 heteroatoms. The normalized spacial score (nSPS) is 11.3. The van der Waals surface area contributed by atoms with Gasteiger partial charge in [-0.1, -0.05) is 6.07 Å². The molecule has 0 aliphatic heterocycles. The molecule has 0 aliphatic carbocycles. The van der Waals surface area contributed by atoms with Crippen molar-refractivity contribution in [3.05, 3.63) is 42.2 Å². The van der Waals surface area contributed by atoms with Gasteiger partial charge >= 0.3 is 11.9 Å². The van der Waals surface area contributed by atoms with Gasteiger partial charge in [0.15, 0.2) is 0 Å². The summed E-state index contributed by atoms with van der Waals surface area (Å²) < 4.78 is 9.86. The van der Waals surface area contributed by atoms with Crippen LogP contribution in [0.2, 0.25) is 0 Å². The first-order valence-corrected chi connectivity index (χ1v) is 6.92. The van der Waals surface area contributed by atoms with E-state index in [0.29, 0.717) is 16.6 Å². The fraction of sp³-hybridized carbons (Fsp3) is 0.250. The maximum atomic E-state index is 12.1. The summed E-state index contributed by atoms with van der Waals surface area (Å²) in [7, 11) is 0. The van der Waals surface area contributed by atoms with Gasteiger partial charge in [-0.3, -0.25) is 9.97 Å². The summed E-state index contributed by atoms with van der Waals surface area (Å²) in [6.45, 7) is 3.84. The van der Waals surface area contributed by atoms with Crippen molar-refractivity contribution < 1.29 is 19.1 Å². The van der Waals surface area contributed by atoms with Gasteiger partial charge in [-0.15, -0.1) is 0 Å². The highest BCUT2D eigenvalue weighted by Crippen LogP contribution is 2.20. The van der Waals surface area contributed by atoms with Crippen LogP contribution in [0.15, 0.2) is 36.7 Å². The van der Waals surface area contributed by atoms with Gasteiger partial charge in [-0.2, -0.15) is 0 Å². The van der Waals surface area contributed by atoms with Crippen LogP contribution in [0.3, 0.4) is 0 Å². The monoisotopic (exact) mass is 300 g/mol. The zero-order chi connectivity index (χ0) is 15.9. The van der Waals surface area contributed by atoms with Crippen molar-refractivity contribution in [1.82, 2.24) is 9.97 Å². The molecule has 0 atom stereocenters. The van der Waals surface area contributed by atoms with Crippen LogP contribution >= 0.6 is 0 Å². The Morgan fingerprint density at radius 3 is 2.41 bits per heavy atom. The van der Waals surface area contributed by atoms with Crippen LogP contribution in [-0.2, 0) is 19.1 Å². The summed E-state index contributed by atoms with van der Waals surface area (Å²) >= 11 is 0. The van der Waals surface area contributed by atoms with Crippen LogP contribution in [-0.4, -0.2) is 35.1 Å². The fourth-order valence-electron chi connectivity index (χ4n) is 1.90. The van der Waals surface area contributed by atoms with Crippen molar-refractivity contribution >= 4 is 28.5 Å². The lowest BCUT2D eigenvalue weighted by Gasteiger charge is -2.08. The zero-order valence-electron chi connectivity index (χ0n) is 12.4. The minimum atomic E-state index is -0.593. The first-order chi connectivity index (χ1) is 10.7. The van der Waals surface area contributed by atoms with E-state index in [4.69, 9.17) is 9.47 Å². The number of carbonyl (C=O) groups excluding carboxylic acids is 2. The van der Waals surface area contributed by atoms with Crippen LogP contribution in [0, 0.1) is 0 Å². The van der Waals surface area contributed by atoms with E-state index in [1.54, 1.807) is 44.4 Å². The molecule has 0 saturated heterocycles. The molecule has 22 heavy (non-hydrogen) atoms. The van der Waals surface area contributed by atoms with Gasteiger partial charge in [0.2, 0.25) is 0 Å². The van der Waals surface area contributed by atoms with E-state index in [9.17, 15) is 9.59 Å². The van der Waals surface area contributed by atoms with Crippen molar-refractivity contribution in [2.75, 3.05) is 13.2 Å². The molecule has 2 aromatic rings. The largest absolute Gasteiger partial charge is 0.463 e. The number of ether oxygens (including phenoxy) is 2. The first kappa shape index (κ1) is 15.6. The Bertz CT molecular complexity index is 725. The van der Waals surface area contributed by atoms with Crippen LogP contribution in [0.5, 0.6) is 0 Å². The Balaban J connectivity index is 2.45. The predicted molar refractivity (Wildman–Crippen MR) is 80.8 cm³/mol. The van der Waals surface area contributed by atoms with E-state index in [1.165, 1.54) is 0 Å². The van der Waals surface area contributed by atoms with E-state index in [0.717, 1.165) is 6.08 Å². The van der Waals surface area contributed by atoms with Crippen molar-refractivity contribution in [2.24, 2.45) is 0 Å². The van der Waals surface area contributed by atoms with Gasteiger partial charge in [-0.25, -0.2) is 9.59 Å². The molecular weight excluding hydrogens is 284 g/mol. The molecule has 0 spiro atoms. The van der Waals surface area contributed by atoms with Crippen LogP contribution in [0.25, 0.3) is 16.6 Å². The third-order valence-corrected chi connectivity index (χ3v) is 2.82. The Morgan fingerprint density at radius 2 is 1.73 bits per heavy atom. The van der Waals surface area contributed by atoms with Gasteiger partial charge < -0.3 is 9.47 Å². The smallest absolute Gasteiger partial charge is 0.338 e. The third kappa shape index (κ3) is 3.66. The lowest BCUT2D eigenvalue weighted by atomic mass is 10.0. The number of nitrogens with zero attached hydrogens (tertiary/aromatic N) is 2. The van der Waals surface area contributed by atoms with E-state index < -0.39 is 11.9 Å². The highest BCUT2D eigenvalue weighted by Gasteiger charge is 2.16. The zero-order valence-corrected chi connectivity index (χ0v) is 12.4. The van der Waals surface area contributed by atoms with Gasteiger partial charge in [0.25, 0.3) is 0 Å². The van der Waals surface area contributed by atoms with Crippen molar-refractivity contribution in [2.45, 2.75) is 13.8 Å². The molecule has 0 unspecified atom stereocenters. The van der Waals surface area contributed by atoms with E-state index in [1.807, 2.05) is 0 Å². The molecule has 0 saturated carbocycles. The highest BCUT2D eigenvalue weighted by atomic mass is 16.5. The molecule has 0 amide bonds. The van der Waals surface area contributed by atoms with Gasteiger partial charge in [0, 0.05) is 18.5 Å². The second-order valence-electron chi connectivity index (χ2n) is 4.29. The van der Waals surface area contributed by atoms with E-state index >= 15 is 0 Å². The minimum absolute atomic E-state index is 0.132. The summed E-state index contributed by atoms with van der Waals surface area (Å²) in [4.78, 5) is 32.1. The highest BCUT2D eigenvalue weighted by molar-refractivity contribution is 6.20. The maximum absolute atomic E-state index is 12.1. The summed E-state index contributed by atoms with van der Waals surface area (Å²) in [5.41, 5.74) is 1.98. The maximum Gasteiger partial charge on any atom is 0.338 e. The lowest BCUT2D eigenvalue weighted by molar-refractivity contribution is -0.139. The second kappa shape index (κ2) is 7.31. The number of carbonyl (C=O) groups is 2. The van der Waals surface area contributed by atoms with Gasteiger partial charge in [0.05, 0.1) is 29.8 Å². The molecule has 1 heterocycles. The number of fused-ring (bicyclic) bond motifs is 1. The molecule has 2 rings (SSSR count). The van der Waals surface area contributed by atoms with Crippen LogP contribution in [0.1, 0.15) is 19.4 Å². The Hall–Kier alpha value is -2.76. The number of hydrogen-bond acceptors (Lipinski definition) is 6. The van der Waals surface area contributed by atoms with E-state index in [-0.39, 0.29) is 18.8 Å². The fourth-order valence-corrected chi connectivity index (χ4v) is 1.90. The number of hydrogen-bond donors (Lipinski definition) is 0. The van der Waals surface area contributed by atoms with Crippen LogP contribution in [0.4, 0.5) is 0 Å². The number of esters is 2. The molecule has 0 bridgehead atoms. The predicted octanol–water partition coefficient (Wildman–Crippen LogP) is 2.14. The van der Waals surface area contributed by atoms with Crippen molar-refractivity contribution in [3.8, 4) is 0 Å². The molecule has 0 fully saturated rings. The standard InChI is InChI=1S/C16H16N2O4/c1-3-21-15(19)10-12(16(20)22-4-2)11-5-6-13-14(9-11)18-8-7-17-13/h5-10H,3-4H2,1-2H3/b12-10-. The molecule has 0 radical (unpaired) electrons. The first-order valence-electron chi connectivity index (χ1n) is 6.92. The molecular formula is C16H16N2O4. The Labute approximate surface area is 127 Å². The average molecular weight is 300 g/mol. The summed E-state index contributed by atoms with van der Waals surface area (Å²) in [6.07, 6.45) is 4.28. The quantitative estimate of drug-likeness (QED) is 0.622. The SMILES string of the molecule is CCOC(=O)/C=C(\C(=O)OCC)c1ccc2nccnc2c1. The molecule has 0 aliphatic rings. The van der Waals surface area contributed by atoms with Crippen molar-refractivity contribution in [3.63, 3.8) is 0 Å². The summed E-state index contributed by atoms with van der Waals surface area (Å²) in [5.74, 6) is -1.18. The second-order valence-corrected chi connectivity index (χ2v) is 4.29. The van der Waals surface area contributed by atoms with Crippen LogP contribution < -0.4 is 0 Å². The van der Waals surface area contributed by atoms with Gasteiger partial charge in [-0.05, 0) is 31.5 Å². The molecule has 6 nitrogen and oxygen atoms in total. The third-order valence-electron chi connectivity index (χ3n) is 2.82. The lowest BCUT2D eigenvalue weighted by Crippen LogP contribution is -2.10. The van der Waals surface area contributed by atoms with Gasteiger partial charge in [0.1, 0.15) is 0 Å².